The average Bonchev–Trinajstić information content (AvgIpc) is 2.23. The molecule has 0 aromatic rings. The van der Waals surface area contributed by atoms with Crippen LogP contribution in [0.1, 0.15) is 39.0 Å². The molecule has 0 spiro atoms. The molecule has 0 aliphatic heterocycles. The predicted molar refractivity (Wildman–Crippen MR) is 70.4 cm³/mol. The summed E-state index contributed by atoms with van der Waals surface area (Å²) in [6.45, 7) is 2.65. The van der Waals surface area contributed by atoms with Gasteiger partial charge in [0.05, 0.1) is 12.8 Å². The van der Waals surface area contributed by atoms with Crippen molar-refractivity contribution in [3.05, 3.63) is 0 Å². The van der Waals surface area contributed by atoms with E-state index >= 15 is 0 Å². The zero-order valence-corrected chi connectivity index (χ0v) is 11.7. The molecule has 0 fully saturated rings. The number of carboxylic acid groups (broad SMARTS) is 1. The molecule has 110 valence electrons. The van der Waals surface area contributed by atoms with Crippen molar-refractivity contribution in [1.82, 2.24) is 5.32 Å². The van der Waals surface area contributed by atoms with Crippen molar-refractivity contribution in [2.75, 3.05) is 19.4 Å². The lowest BCUT2D eigenvalue weighted by Gasteiger charge is -2.02. The van der Waals surface area contributed by atoms with E-state index in [1.54, 1.807) is 0 Å². The number of aliphatic carboxylic acids is 1. The summed E-state index contributed by atoms with van der Waals surface area (Å²) < 4.78 is 10.1. The first kappa shape index (κ1) is 19.9. The Morgan fingerprint density at radius 3 is 2.17 bits per heavy atom. The van der Waals surface area contributed by atoms with Gasteiger partial charge in [0, 0.05) is 0 Å². The zero-order valence-electron chi connectivity index (χ0n) is 10.8. The highest BCUT2D eigenvalue weighted by molar-refractivity contribution is 7.51. The van der Waals surface area contributed by atoms with Crippen LogP contribution in [0.3, 0.4) is 0 Å². The lowest BCUT2D eigenvalue weighted by molar-refractivity contribution is -0.135. The fourth-order valence-corrected chi connectivity index (χ4v) is 1.46. The molecule has 0 aliphatic rings. The molecule has 0 radical (unpaired) electrons. The molecule has 0 heterocycles. The van der Waals surface area contributed by atoms with E-state index in [1.165, 1.54) is 32.1 Å². The minimum atomic E-state index is -4.10. The van der Waals surface area contributed by atoms with Gasteiger partial charge in [0.2, 0.25) is 0 Å². The molecular weight excluding hydrogens is 259 g/mol. The van der Waals surface area contributed by atoms with Gasteiger partial charge in [-0.3, -0.25) is 14.7 Å². The Bertz CT molecular complexity index is 238. The Kier molecular flexibility index (Phi) is 14.3. The molecule has 0 amide bonds. The summed E-state index contributed by atoms with van der Waals surface area (Å²) in [5.74, 6) is -1.14. The van der Waals surface area contributed by atoms with Crippen LogP contribution in [0.15, 0.2) is 0 Å². The highest BCUT2D eigenvalue weighted by atomic mass is 31.2. The normalized spacial score (nSPS) is 10.7. The van der Waals surface area contributed by atoms with Crippen LogP contribution in [0.2, 0.25) is 0 Å². The first-order chi connectivity index (χ1) is 8.33. The van der Waals surface area contributed by atoms with Crippen LogP contribution in [0.25, 0.3) is 0 Å². The van der Waals surface area contributed by atoms with Crippen LogP contribution < -0.4 is 11.1 Å². The van der Waals surface area contributed by atoms with Gasteiger partial charge in [-0.1, -0.05) is 32.6 Å². The van der Waals surface area contributed by atoms with Crippen LogP contribution in [0, 0.1) is 0 Å². The zero-order chi connectivity index (χ0) is 14.4. The number of hydrogen-bond acceptors (Lipinski definition) is 4. The largest absolute Gasteiger partial charge is 0.480 e. The molecule has 0 atom stereocenters. The lowest BCUT2D eigenvalue weighted by atomic mass is 10.2. The van der Waals surface area contributed by atoms with Crippen LogP contribution >= 0.6 is 7.60 Å². The second-order valence-corrected chi connectivity index (χ2v) is 5.49. The van der Waals surface area contributed by atoms with Crippen molar-refractivity contribution in [2.24, 2.45) is 5.73 Å². The average molecular weight is 284 g/mol. The summed E-state index contributed by atoms with van der Waals surface area (Å²) in [7, 11) is -4.10. The van der Waals surface area contributed by atoms with Crippen molar-refractivity contribution in [3.8, 4) is 0 Å². The summed E-state index contributed by atoms with van der Waals surface area (Å²) in [5, 5.41) is 10.1. The first-order valence-corrected chi connectivity index (χ1v) is 7.80. The maximum Gasteiger partial charge on any atom is 0.339 e. The lowest BCUT2D eigenvalue weighted by Crippen LogP contribution is -2.23. The van der Waals surface area contributed by atoms with Crippen molar-refractivity contribution >= 4 is 13.6 Å². The van der Waals surface area contributed by atoms with E-state index < -0.39 is 26.4 Å². The number of hydrogen-bond donors (Lipinski definition) is 5. The van der Waals surface area contributed by atoms with Gasteiger partial charge in [-0.25, -0.2) is 0 Å². The van der Waals surface area contributed by atoms with Crippen molar-refractivity contribution in [3.63, 3.8) is 0 Å². The minimum absolute atomic E-state index is 0.439. The van der Waals surface area contributed by atoms with E-state index in [1.807, 2.05) is 0 Å². The van der Waals surface area contributed by atoms with E-state index in [9.17, 15) is 9.36 Å². The van der Waals surface area contributed by atoms with Gasteiger partial charge in [0.25, 0.3) is 0 Å². The van der Waals surface area contributed by atoms with Crippen molar-refractivity contribution in [2.45, 2.75) is 39.0 Å². The summed E-state index contributed by atoms with van der Waals surface area (Å²) in [6, 6.07) is 0. The van der Waals surface area contributed by atoms with Crippen LogP contribution in [-0.2, 0) is 9.36 Å². The van der Waals surface area contributed by atoms with Gasteiger partial charge in [0.15, 0.2) is 0 Å². The molecule has 0 unspecified atom stereocenters. The smallest absolute Gasteiger partial charge is 0.339 e. The Balaban J connectivity index is 0. The molecule has 7 nitrogen and oxygen atoms in total. The maximum atomic E-state index is 10.1. The molecule has 0 aromatic carbocycles. The second-order valence-electron chi connectivity index (χ2n) is 3.85. The van der Waals surface area contributed by atoms with Gasteiger partial charge < -0.3 is 20.6 Å². The van der Waals surface area contributed by atoms with Gasteiger partial charge in [0.1, 0.15) is 0 Å². The number of carboxylic acids is 1. The first-order valence-electron chi connectivity index (χ1n) is 6.00. The quantitative estimate of drug-likeness (QED) is 0.311. The molecule has 0 rings (SSSR count). The molecule has 0 aromatic heterocycles. The van der Waals surface area contributed by atoms with E-state index in [2.05, 4.69) is 12.2 Å². The monoisotopic (exact) mass is 284 g/mol. The van der Waals surface area contributed by atoms with Gasteiger partial charge in [-0.05, 0) is 13.0 Å². The fourth-order valence-electron chi connectivity index (χ4n) is 1.06. The third-order valence-corrected chi connectivity index (χ3v) is 2.54. The Hall–Kier alpha value is -0.460. The minimum Gasteiger partial charge on any atom is -0.480 e. The standard InChI is InChI=1S/C7H17N.C3H8NO5P/c1-2-3-4-5-6-7-8;5-3(6)1-4-2-10(7,8)9/h2-8H2,1H3;4H,1-2H2,(H,5,6)(H2,7,8,9). The van der Waals surface area contributed by atoms with Crippen LogP contribution in [-0.4, -0.2) is 40.2 Å². The SMILES string of the molecule is CCCCCCCN.O=C(O)CNCP(=O)(O)O. The third kappa shape index (κ3) is 24.7. The molecule has 0 saturated carbocycles. The summed E-state index contributed by atoms with van der Waals surface area (Å²) in [5.41, 5.74) is 5.31. The number of unbranched alkanes of at least 4 members (excludes halogenated alkanes) is 4. The van der Waals surface area contributed by atoms with Crippen LogP contribution in [0.5, 0.6) is 0 Å². The number of rotatable bonds is 9. The Morgan fingerprint density at radius 2 is 1.78 bits per heavy atom. The number of nitrogens with one attached hydrogen (secondary N) is 1. The Morgan fingerprint density at radius 1 is 1.22 bits per heavy atom. The molecule has 8 heteroatoms. The fraction of sp³-hybridized carbons (Fsp3) is 0.900. The molecule has 0 aliphatic carbocycles. The molecular formula is C10H25N2O5P. The summed E-state index contributed by atoms with van der Waals surface area (Å²) >= 11 is 0. The van der Waals surface area contributed by atoms with E-state index in [4.69, 9.17) is 20.6 Å². The van der Waals surface area contributed by atoms with E-state index in [-0.39, 0.29) is 0 Å². The molecule has 0 bridgehead atoms. The van der Waals surface area contributed by atoms with E-state index in [0.29, 0.717) is 0 Å². The highest BCUT2D eigenvalue weighted by Gasteiger charge is 2.11. The number of nitrogens with two attached hydrogens (primary N) is 1. The molecule has 18 heavy (non-hydrogen) atoms. The van der Waals surface area contributed by atoms with Crippen LogP contribution in [0.4, 0.5) is 0 Å². The maximum absolute atomic E-state index is 10.1. The third-order valence-electron chi connectivity index (χ3n) is 1.90. The second kappa shape index (κ2) is 13.0. The van der Waals surface area contributed by atoms with Gasteiger partial charge >= 0.3 is 13.6 Å². The van der Waals surface area contributed by atoms with Crippen molar-refractivity contribution in [1.29, 1.82) is 0 Å². The summed E-state index contributed by atoms with van der Waals surface area (Å²) in [6.07, 6.45) is 6.00. The predicted octanol–water partition coefficient (Wildman–Crippen LogP) is 0.711. The van der Waals surface area contributed by atoms with Gasteiger partial charge in [-0.2, -0.15) is 0 Å². The molecule has 0 saturated heterocycles. The summed E-state index contributed by atoms with van der Waals surface area (Å²) in [4.78, 5) is 26.1. The van der Waals surface area contributed by atoms with E-state index in [0.717, 1.165) is 6.54 Å². The highest BCUT2D eigenvalue weighted by Crippen LogP contribution is 2.31. The molecule has 6 N–H and O–H groups in total. The van der Waals surface area contributed by atoms with Crippen molar-refractivity contribution < 1.29 is 24.3 Å². The topological polar surface area (TPSA) is 133 Å². The van der Waals surface area contributed by atoms with Gasteiger partial charge in [-0.15, -0.1) is 0 Å². The Labute approximate surface area is 108 Å². The number of carbonyl (C=O) groups is 1.